The number of likely N-dealkylation sites (tertiary alicyclic amines) is 1. The summed E-state index contributed by atoms with van der Waals surface area (Å²) < 4.78 is 0. The van der Waals surface area contributed by atoms with Crippen molar-refractivity contribution in [3.8, 4) is 0 Å². The van der Waals surface area contributed by atoms with Crippen LogP contribution in [0.2, 0.25) is 0 Å². The molecule has 2 heterocycles. The van der Waals surface area contributed by atoms with Crippen molar-refractivity contribution in [3.63, 3.8) is 0 Å². The first-order valence-corrected chi connectivity index (χ1v) is 12.4. The van der Waals surface area contributed by atoms with Gasteiger partial charge in [0.25, 0.3) is 0 Å². The highest BCUT2D eigenvalue weighted by molar-refractivity contribution is 7.09. The summed E-state index contributed by atoms with van der Waals surface area (Å²) in [5.74, 6) is -0.564. The van der Waals surface area contributed by atoms with E-state index < -0.39 is 5.92 Å². The quantitative estimate of drug-likeness (QED) is 0.461. The Morgan fingerprint density at radius 2 is 1.74 bits per heavy atom. The van der Waals surface area contributed by atoms with Gasteiger partial charge in [0.05, 0.1) is 24.7 Å². The van der Waals surface area contributed by atoms with E-state index in [0.717, 1.165) is 21.7 Å². The maximum absolute atomic E-state index is 14.0. The van der Waals surface area contributed by atoms with Gasteiger partial charge < -0.3 is 15.1 Å². The lowest BCUT2D eigenvalue weighted by Gasteiger charge is -2.29. The molecule has 34 heavy (non-hydrogen) atoms. The van der Waals surface area contributed by atoms with Crippen molar-refractivity contribution >= 4 is 28.9 Å². The monoisotopic (exact) mass is 475 g/mol. The minimum atomic E-state index is -0.453. The Kier molecular flexibility index (Phi) is 8.09. The maximum Gasteiger partial charge on any atom is 0.235 e. The minimum absolute atomic E-state index is 0.0323. The summed E-state index contributed by atoms with van der Waals surface area (Å²) in [4.78, 5) is 35.0. The molecule has 1 fully saturated rings. The molecular weight excluding hydrogens is 446 g/mol. The van der Waals surface area contributed by atoms with Crippen LogP contribution >= 0.6 is 11.3 Å². The molecular formula is C27H29N3O3S. The normalized spacial score (nSPS) is 16.7. The van der Waals surface area contributed by atoms with E-state index in [0.29, 0.717) is 26.1 Å². The maximum atomic E-state index is 14.0. The van der Waals surface area contributed by atoms with Gasteiger partial charge in [0.15, 0.2) is 0 Å². The van der Waals surface area contributed by atoms with E-state index >= 15 is 0 Å². The van der Waals surface area contributed by atoms with E-state index in [-0.39, 0.29) is 24.3 Å². The van der Waals surface area contributed by atoms with Gasteiger partial charge in [0.2, 0.25) is 11.8 Å². The predicted octanol–water partition coefficient (Wildman–Crippen LogP) is 4.58. The zero-order chi connectivity index (χ0) is 23.8. The molecule has 0 unspecified atom stereocenters. The van der Waals surface area contributed by atoms with Gasteiger partial charge in [-0.15, -0.1) is 11.3 Å². The number of benzene rings is 2. The number of amides is 2. The molecule has 0 saturated carbocycles. The predicted molar refractivity (Wildman–Crippen MR) is 135 cm³/mol. The molecule has 7 heteroatoms. The fourth-order valence-electron chi connectivity index (χ4n) is 4.25. The minimum Gasteiger partial charge on any atom is -0.396 e. The molecule has 3 aromatic rings. The molecule has 1 N–H and O–H groups in total. The molecule has 4 rings (SSSR count). The number of nitrogens with one attached hydrogen (secondary N) is 1. The number of hydrogen-bond donors (Lipinski definition) is 1. The van der Waals surface area contributed by atoms with E-state index in [2.05, 4.69) is 10.5 Å². The number of rotatable bonds is 9. The van der Waals surface area contributed by atoms with E-state index in [1.54, 1.807) is 16.2 Å². The smallest absolute Gasteiger partial charge is 0.235 e. The van der Waals surface area contributed by atoms with Crippen LogP contribution in [0.4, 0.5) is 0 Å². The Morgan fingerprint density at radius 3 is 2.32 bits per heavy atom. The molecule has 0 bridgehead atoms. The van der Waals surface area contributed by atoms with Gasteiger partial charge in [-0.05, 0) is 29.5 Å². The molecule has 2 amide bonds. The molecule has 0 aliphatic carbocycles. The van der Waals surface area contributed by atoms with Crippen LogP contribution in [0, 0.1) is 0 Å². The number of thiophene rings is 1. The summed E-state index contributed by atoms with van der Waals surface area (Å²) in [5, 5.41) is 9.19. The Labute approximate surface area is 204 Å². The van der Waals surface area contributed by atoms with Gasteiger partial charge in [0.1, 0.15) is 6.61 Å². The third-order valence-electron chi connectivity index (χ3n) is 5.84. The first-order valence-electron chi connectivity index (χ1n) is 11.5. The number of nitrogens with zero attached hydrogens (tertiary/aromatic N) is 2. The summed E-state index contributed by atoms with van der Waals surface area (Å²) in [6.07, 6.45) is 0.743. The average Bonchev–Trinajstić information content (AvgIpc) is 3.53. The average molecular weight is 476 g/mol. The third kappa shape index (κ3) is 5.91. The lowest BCUT2D eigenvalue weighted by Crippen LogP contribution is -2.41. The van der Waals surface area contributed by atoms with Crippen LogP contribution in [0.15, 0.2) is 83.3 Å². The topological polar surface area (TPSA) is 71.0 Å². The Balaban J connectivity index is 1.56. The van der Waals surface area contributed by atoms with Crippen molar-refractivity contribution in [2.24, 2.45) is 5.16 Å². The van der Waals surface area contributed by atoms with Gasteiger partial charge in [-0.2, -0.15) is 0 Å². The molecule has 1 atom stereocenters. The molecule has 1 aliphatic heterocycles. The van der Waals surface area contributed by atoms with E-state index in [4.69, 9.17) is 4.84 Å². The van der Waals surface area contributed by atoms with Gasteiger partial charge in [-0.3, -0.25) is 9.59 Å². The Hall–Kier alpha value is -3.45. The van der Waals surface area contributed by atoms with Crippen LogP contribution in [-0.4, -0.2) is 41.6 Å². The van der Waals surface area contributed by atoms with Crippen molar-refractivity contribution in [1.82, 2.24) is 10.2 Å². The van der Waals surface area contributed by atoms with Gasteiger partial charge >= 0.3 is 0 Å². The standard InChI is InChI=1S/C27H29N3O3S/c1-2-33-29-22-16-23(17-25(31)28-18-24-14-9-15-34-24)30(19-22)27(32)26(20-10-5-3-6-11-20)21-12-7-4-8-13-21/h3-15,23,26H,2,16-19H2,1H3,(H,28,31)/t23-/m0/s1. The van der Waals surface area contributed by atoms with Gasteiger partial charge in [0, 0.05) is 23.8 Å². The molecule has 1 aromatic heterocycles. The lowest BCUT2D eigenvalue weighted by atomic mass is 9.89. The van der Waals surface area contributed by atoms with E-state index in [1.165, 1.54) is 0 Å². The zero-order valence-corrected chi connectivity index (χ0v) is 20.0. The highest BCUT2D eigenvalue weighted by Crippen LogP contribution is 2.31. The van der Waals surface area contributed by atoms with Crippen molar-refractivity contribution < 1.29 is 14.4 Å². The van der Waals surface area contributed by atoms with Crippen LogP contribution in [0.25, 0.3) is 0 Å². The molecule has 1 saturated heterocycles. The summed E-state index contributed by atoms with van der Waals surface area (Å²) in [6.45, 7) is 3.18. The number of hydrogen-bond acceptors (Lipinski definition) is 5. The first kappa shape index (κ1) is 23.7. The van der Waals surface area contributed by atoms with Crippen LogP contribution in [0.1, 0.15) is 41.7 Å². The number of oxime groups is 1. The number of carbonyl (C=O) groups excluding carboxylic acids is 2. The molecule has 1 aliphatic rings. The van der Waals surface area contributed by atoms with E-state index in [9.17, 15) is 9.59 Å². The van der Waals surface area contributed by atoms with Gasteiger partial charge in [-0.25, -0.2) is 0 Å². The highest BCUT2D eigenvalue weighted by Gasteiger charge is 2.38. The second kappa shape index (κ2) is 11.6. The first-order chi connectivity index (χ1) is 16.7. The summed E-state index contributed by atoms with van der Waals surface area (Å²) in [7, 11) is 0. The lowest BCUT2D eigenvalue weighted by molar-refractivity contribution is -0.133. The molecule has 6 nitrogen and oxygen atoms in total. The zero-order valence-electron chi connectivity index (χ0n) is 19.2. The molecule has 176 valence electrons. The summed E-state index contributed by atoms with van der Waals surface area (Å²) >= 11 is 1.61. The third-order valence-corrected chi connectivity index (χ3v) is 6.72. The SMILES string of the molecule is CCON=C1C[C@@H](CC(=O)NCc2cccs2)N(C(=O)C(c2ccccc2)c2ccccc2)C1. The molecule has 0 radical (unpaired) electrons. The number of carbonyl (C=O) groups is 2. The van der Waals surface area contributed by atoms with Crippen LogP contribution < -0.4 is 5.32 Å². The van der Waals surface area contributed by atoms with Gasteiger partial charge in [-0.1, -0.05) is 71.9 Å². The van der Waals surface area contributed by atoms with Crippen molar-refractivity contribution in [2.45, 2.75) is 38.3 Å². The van der Waals surface area contributed by atoms with Crippen LogP contribution in [0.3, 0.4) is 0 Å². The Bertz CT molecular complexity index is 1060. The summed E-state index contributed by atoms with van der Waals surface area (Å²) in [5.41, 5.74) is 2.63. The highest BCUT2D eigenvalue weighted by atomic mass is 32.1. The molecule has 2 aromatic carbocycles. The summed E-state index contributed by atoms with van der Waals surface area (Å²) in [6, 6.07) is 23.3. The largest absolute Gasteiger partial charge is 0.396 e. The van der Waals surface area contributed by atoms with Crippen molar-refractivity contribution in [3.05, 3.63) is 94.2 Å². The Morgan fingerprint density at radius 1 is 1.06 bits per heavy atom. The van der Waals surface area contributed by atoms with E-state index in [1.807, 2.05) is 85.1 Å². The fourth-order valence-corrected chi connectivity index (χ4v) is 4.90. The van der Waals surface area contributed by atoms with Crippen molar-refractivity contribution in [1.29, 1.82) is 0 Å². The van der Waals surface area contributed by atoms with Crippen LogP contribution in [0.5, 0.6) is 0 Å². The van der Waals surface area contributed by atoms with Crippen LogP contribution in [-0.2, 0) is 21.0 Å². The second-order valence-corrected chi connectivity index (χ2v) is 9.25. The second-order valence-electron chi connectivity index (χ2n) is 8.21. The van der Waals surface area contributed by atoms with Crippen molar-refractivity contribution in [2.75, 3.05) is 13.2 Å². The fraction of sp³-hybridized carbons (Fsp3) is 0.296. The molecule has 0 spiro atoms.